The van der Waals surface area contributed by atoms with Gasteiger partial charge in [-0.25, -0.2) is 0 Å². The van der Waals surface area contributed by atoms with Gasteiger partial charge >= 0.3 is 0 Å². The molecule has 0 radical (unpaired) electrons. The minimum Gasteiger partial charge on any atom is -0.504 e. The molecule has 6 heteroatoms. The van der Waals surface area contributed by atoms with Crippen molar-refractivity contribution in [3.05, 3.63) is 63.2 Å². The number of aliphatic hydroxyl groups is 2. The predicted molar refractivity (Wildman–Crippen MR) is 106 cm³/mol. The zero-order valence-electron chi connectivity index (χ0n) is 15.6. The molecule has 0 heterocycles. The molecule has 0 saturated carbocycles. The number of carbonyl (C=O) groups is 1. The van der Waals surface area contributed by atoms with Gasteiger partial charge in [-0.2, -0.15) is 0 Å². The van der Waals surface area contributed by atoms with Crippen molar-refractivity contribution in [1.82, 2.24) is 0 Å². The molecular weight excluding hydrogens is 380 g/mol. The Bertz CT molecular complexity index is 1020. The van der Waals surface area contributed by atoms with Crippen molar-refractivity contribution in [3.8, 4) is 11.5 Å². The van der Waals surface area contributed by atoms with E-state index >= 15 is 0 Å². The number of fused-ring (bicyclic) bond motifs is 3. The van der Waals surface area contributed by atoms with Crippen LogP contribution in [0.2, 0.25) is 5.02 Å². The number of carbonyl (C=O) groups excluding carboxylic acids is 1. The Morgan fingerprint density at radius 3 is 2.68 bits per heavy atom. The number of rotatable bonds is 4. The van der Waals surface area contributed by atoms with E-state index in [-0.39, 0.29) is 23.9 Å². The highest BCUT2D eigenvalue weighted by molar-refractivity contribution is 6.34. The molecule has 0 amide bonds. The SMILES string of the molecule is CC1(C)C2=C(C(=O)c3cc(O)c(OC[C@H](O)CO)cc31)c1ccc(Cl)cc1C2. The van der Waals surface area contributed by atoms with Gasteiger partial charge in [0.15, 0.2) is 17.3 Å². The van der Waals surface area contributed by atoms with Crippen LogP contribution in [0.4, 0.5) is 0 Å². The number of aliphatic hydroxyl groups excluding tert-OH is 2. The minimum absolute atomic E-state index is 0.123. The molecule has 2 aromatic rings. The lowest BCUT2D eigenvalue weighted by Gasteiger charge is -2.34. The summed E-state index contributed by atoms with van der Waals surface area (Å²) in [4.78, 5) is 13.3. The number of Topliss-reactive ketones (excluding diaryl/α,β-unsaturated/α-hetero) is 1. The van der Waals surface area contributed by atoms with Crippen LogP contribution in [0.5, 0.6) is 11.5 Å². The molecule has 0 fully saturated rings. The van der Waals surface area contributed by atoms with Crippen molar-refractivity contribution in [2.24, 2.45) is 0 Å². The smallest absolute Gasteiger partial charge is 0.194 e. The Kier molecular flexibility index (Phi) is 4.49. The number of aromatic hydroxyl groups is 1. The average Bonchev–Trinajstić information content (AvgIpc) is 3.04. The van der Waals surface area contributed by atoms with Crippen LogP contribution in [0.3, 0.4) is 0 Å². The number of benzene rings is 2. The molecule has 5 nitrogen and oxygen atoms in total. The third-order valence-electron chi connectivity index (χ3n) is 5.65. The number of ketones is 1. The van der Waals surface area contributed by atoms with Crippen LogP contribution in [-0.4, -0.2) is 40.4 Å². The summed E-state index contributed by atoms with van der Waals surface area (Å²) >= 11 is 6.14. The first kappa shape index (κ1) is 19.0. The number of phenols is 1. The topological polar surface area (TPSA) is 87.0 Å². The van der Waals surface area contributed by atoms with E-state index in [0.717, 1.165) is 22.3 Å². The molecule has 2 aromatic carbocycles. The van der Waals surface area contributed by atoms with Crippen LogP contribution in [0.1, 0.15) is 40.9 Å². The molecule has 0 unspecified atom stereocenters. The van der Waals surface area contributed by atoms with Crippen LogP contribution in [-0.2, 0) is 11.8 Å². The highest BCUT2D eigenvalue weighted by Crippen LogP contribution is 2.51. The van der Waals surface area contributed by atoms with Gasteiger partial charge in [-0.1, -0.05) is 31.5 Å². The lowest BCUT2D eigenvalue weighted by Crippen LogP contribution is -2.30. The second kappa shape index (κ2) is 6.62. The number of halogens is 1. The van der Waals surface area contributed by atoms with Crippen LogP contribution in [0.15, 0.2) is 35.9 Å². The van der Waals surface area contributed by atoms with Gasteiger partial charge < -0.3 is 20.1 Å². The van der Waals surface area contributed by atoms with Crippen molar-refractivity contribution >= 4 is 23.0 Å². The van der Waals surface area contributed by atoms with E-state index in [2.05, 4.69) is 0 Å². The summed E-state index contributed by atoms with van der Waals surface area (Å²) in [7, 11) is 0. The Morgan fingerprint density at radius 1 is 1.21 bits per heavy atom. The van der Waals surface area contributed by atoms with E-state index in [0.29, 0.717) is 22.6 Å². The standard InChI is InChI=1S/C22H21ClO5/c1-22(2)16-8-19(28-10-13(25)9-24)18(26)7-15(16)21(27)20-14-4-3-12(23)5-11(14)6-17(20)22/h3-5,7-8,13,24-26H,6,9-10H2,1-2H3/t13-/m1/s1. The lowest BCUT2D eigenvalue weighted by molar-refractivity contribution is 0.0527. The minimum atomic E-state index is -1.05. The maximum atomic E-state index is 13.3. The van der Waals surface area contributed by atoms with Crippen LogP contribution < -0.4 is 4.74 Å². The van der Waals surface area contributed by atoms with Crippen molar-refractivity contribution in [2.45, 2.75) is 31.8 Å². The van der Waals surface area contributed by atoms with E-state index in [9.17, 15) is 15.0 Å². The Morgan fingerprint density at radius 2 is 1.96 bits per heavy atom. The summed E-state index contributed by atoms with van der Waals surface area (Å²) in [5.41, 5.74) is 4.39. The molecule has 0 spiro atoms. The van der Waals surface area contributed by atoms with Gasteiger partial charge in [0.2, 0.25) is 0 Å². The number of hydrogen-bond donors (Lipinski definition) is 3. The molecule has 0 saturated heterocycles. The number of hydrogen-bond acceptors (Lipinski definition) is 5. The second-order valence-electron chi connectivity index (χ2n) is 7.80. The fourth-order valence-corrected chi connectivity index (χ4v) is 4.31. The first-order valence-corrected chi connectivity index (χ1v) is 9.48. The monoisotopic (exact) mass is 400 g/mol. The molecule has 0 aromatic heterocycles. The molecule has 146 valence electrons. The van der Waals surface area contributed by atoms with Gasteiger partial charge in [-0.3, -0.25) is 4.79 Å². The van der Waals surface area contributed by atoms with Crippen LogP contribution in [0, 0.1) is 0 Å². The number of ether oxygens (including phenoxy) is 1. The molecule has 2 aliphatic rings. The Hall–Kier alpha value is -2.34. The third kappa shape index (κ3) is 2.82. The molecule has 1 atom stereocenters. The van der Waals surface area contributed by atoms with Crippen molar-refractivity contribution in [1.29, 1.82) is 0 Å². The molecule has 28 heavy (non-hydrogen) atoms. The van der Waals surface area contributed by atoms with Crippen LogP contribution in [0.25, 0.3) is 5.57 Å². The van der Waals surface area contributed by atoms with Gasteiger partial charge in [0.25, 0.3) is 0 Å². The first-order valence-electron chi connectivity index (χ1n) is 9.10. The summed E-state index contributed by atoms with van der Waals surface area (Å²) in [6, 6.07) is 8.65. The van der Waals surface area contributed by atoms with Crippen molar-refractivity contribution in [3.63, 3.8) is 0 Å². The largest absolute Gasteiger partial charge is 0.504 e. The maximum Gasteiger partial charge on any atom is 0.194 e. The fourth-order valence-electron chi connectivity index (χ4n) is 4.11. The molecular formula is C22H21ClO5. The predicted octanol–water partition coefficient (Wildman–Crippen LogP) is 3.26. The summed E-state index contributed by atoms with van der Waals surface area (Å²) in [5, 5.41) is 29.5. The van der Waals surface area contributed by atoms with Gasteiger partial charge in [0.05, 0.1) is 6.61 Å². The van der Waals surface area contributed by atoms with Crippen molar-refractivity contribution < 1.29 is 24.9 Å². The van der Waals surface area contributed by atoms with Gasteiger partial charge in [-0.05, 0) is 52.9 Å². The van der Waals surface area contributed by atoms with Crippen LogP contribution >= 0.6 is 11.6 Å². The fraction of sp³-hybridized carbons (Fsp3) is 0.318. The highest BCUT2D eigenvalue weighted by Gasteiger charge is 2.43. The summed E-state index contributed by atoms with van der Waals surface area (Å²) in [6.45, 7) is 3.50. The van der Waals surface area contributed by atoms with E-state index < -0.39 is 18.1 Å². The molecule has 4 rings (SSSR count). The van der Waals surface area contributed by atoms with E-state index in [1.54, 1.807) is 12.1 Å². The Labute approximate surface area is 167 Å². The van der Waals surface area contributed by atoms with Gasteiger partial charge in [0.1, 0.15) is 12.7 Å². The second-order valence-corrected chi connectivity index (χ2v) is 8.24. The van der Waals surface area contributed by atoms with E-state index in [1.165, 1.54) is 6.07 Å². The molecule has 0 bridgehead atoms. The third-order valence-corrected chi connectivity index (χ3v) is 5.88. The molecule has 3 N–H and O–H groups in total. The quantitative estimate of drug-likeness (QED) is 0.733. The summed E-state index contributed by atoms with van der Waals surface area (Å²) in [5.74, 6) is -0.121. The summed E-state index contributed by atoms with van der Waals surface area (Å²) in [6.07, 6.45) is -0.405. The van der Waals surface area contributed by atoms with Crippen molar-refractivity contribution in [2.75, 3.05) is 13.2 Å². The van der Waals surface area contributed by atoms with E-state index in [4.69, 9.17) is 21.4 Å². The molecule has 2 aliphatic carbocycles. The zero-order valence-corrected chi connectivity index (χ0v) is 16.4. The Balaban J connectivity index is 1.80. The molecule has 0 aliphatic heterocycles. The lowest BCUT2D eigenvalue weighted by atomic mass is 9.68. The number of allylic oxidation sites excluding steroid dienone is 2. The first-order chi connectivity index (χ1) is 13.2. The summed E-state index contributed by atoms with van der Waals surface area (Å²) < 4.78 is 5.47. The zero-order chi connectivity index (χ0) is 20.2. The van der Waals surface area contributed by atoms with Gasteiger partial charge in [-0.15, -0.1) is 0 Å². The van der Waals surface area contributed by atoms with E-state index in [1.807, 2.05) is 26.0 Å². The average molecular weight is 401 g/mol. The number of phenolic OH excluding ortho intramolecular Hbond substituents is 1. The normalized spacial score (nSPS) is 17.8. The highest BCUT2D eigenvalue weighted by atomic mass is 35.5. The maximum absolute atomic E-state index is 13.3. The van der Waals surface area contributed by atoms with Gasteiger partial charge in [0, 0.05) is 21.6 Å².